The van der Waals surface area contributed by atoms with Crippen LogP contribution in [-0.2, 0) is 24.1 Å². The molecule has 0 aromatic carbocycles. The number of aliphatic hydroxyl groups is 1. The topological polar surface area (TPSA) is 78.5 Å². The highest BCUT2D eigenvalue weighted by molar-refractivity contribution is 7.18. The number of aromatic amines is 1. The number of hydrogen-bond donors (Lipinski definition) is 2. The van der Waals surface area contributed by atoms with Crippen molar-refractivity contribution in [3.8, 4) is 0 Å². The Morgan fingerprint density at radius 2 is 2.23 bits per heavy atom. The molecule has 3 rings (SSSR count). The molecule has 0 spiro atoms. The second kappa shape index (κ2) is 8.17. The SMILES string of the molecule is CC(C)OC[C@H](O)CN(C)Cc1nc2sc3c(c2c(=O)[nH]1)CC[C@H](C)C3. The van der Waals surface area contributed by atoms with Crippen molar-refractivity contribution in [1.82, 2.24) is 14.9 Å². The quantitative estimate of drug-likeness (QED) is 0.772. The minimum atomic E-state index is -0.562. The Hall–Kier alpha value is -1.28. The van der Waals surface area contributed by atoms with Gasteiger partial charge in [-0.25, -0.2) is 4.98 Å². The number of thiophene rings is 1. The third-order valence-corrected chi connectivity index (χ3v) is 5.93. The first-order valence-electron chi connectivity index (χ1n) is 9.35. The van der Waals surface area contributed by atoms with Crippen LogP contribution < -0.4 is 5.56 Å². The minimum absolute atomic E-state index is 0.0332. The highest BCUT2D eigenvalue weighted by atomic mass is 32.1. The molecule has 2 N–H and O–H groups in total. The highest BCUT2D eigenvalue weighted by Gasteiger charge is 2.23. The summed E-state index contributed by atoms with van der Waals surface area (Å²) in [7, 11) is 1.91. The Labute approximate surface area is 158 Å². The summed E-state index contributed by atoms with van der Waals surface area (Å²) in [5, 5.41) is 10.8. The van der Waals surface area contributed by atoms with Crippen LogP contribution in [0.4, 0.5) is 0 Å². The molecule has 2 atom stereocenters. The van der Waals surface area contributed by atoms with Gasteiger partial charge in [0.15, 0.2) is 0 Å². The zero-order valence-electron chi connectivity index (χ0n) is 16.0. The number of rotatable bonds is 7. The monoisotopic (exact) mass is 379 g/mol. The lowest BCUT2D eigenvalue weighted by molar-refractivity contribution is -0.00656. The van der Waals surface area contributed by atoms with Crippen LogP contribution in [-0.4, -0.2) is 52.4 Å². The highest BCUT2D eigenvalue weighted by Crippen LogP contribution is 2.35. The lowest BCUT2D eigenvalue weighted by Crippen LogP contribution is -2.33. The van der Waals surface area contributed by atoms with Gasteiger partial charge < -0.3 is 14.8 Å². The molecule has 6 nitrogen and oxygen atoms in total. The van der Waals surface area contributed by atoms with Crippen LogP contribution in [0.3, 0.4) is 0 Å². The van der Waals surface area contributed by atoms with E-state index in [0.717, 1.165) is 29.5 Å². The van der Waals surface area contributed by atoms with Gasteiger partial charge in [0, 0.05) is 11.4 Å². The molecule has 0 radical (unpaired) electrons. The molecule has 1 aliphatic rings. The van der Waals surface area contributed by atoms with Crippen LogP contribution in [0.15, 0.2) is 4.79 Å². The van der Waals surface area contributed by atoms with Crippen LogP contribution in [0, 0.1) is 5.92 Å². The predicted octanol–water partition coefficient (Wildman–Crippen LogP) is 2.33. The van der Waals surface area contributed by atoms with E-state index in [2.05, 4.69) is 11.9 Å². The smallest absolute Gasteiger partial charge is 0.259 e. The second-order valence-corrected chi connectivity index (χ2v) is 8.86. The van der Waals surface area contributed by atoms with E-state index < -0.39 is 6.10 Å². The molecule has 0 aliphatic heterocycles. The fourth-order valence-corrected chi connectivity index (χ4v) is 4.91. The minimum Gasteiger partial charge on any atom is -0.389 e. The largest absolute Gasteiger partial charge is 0.389 e. The summed E-state index contributed by atoms with van der Waals surface area (Å²) in [5.41, 5.74) is 1.17. The number of nitrogens with one attached hydrogen (secondary N) is 1. The third-order valence-electron chi connectivity index (χ3n) is 4.78. The van der Waals surface area contributed by atoms with E-state index in [1.807, 2.05) is 25.8 Å². The lowest BCUT2D eigenvalue weighted by Gasteiger charge is -2.20. The molecule has 0 bridgehead atoms. The van der Waals surface area contributed by atoms with E-state index in [9.17, 15) is 9.90 Å². The van der Waals surface area contributed by atoms with Gasteiger partial charge in [0.2, 0.25) is 0 Å². The molecule has 0 unspecified atom stereocenters. The van der Waals surface area contributed by atoms with E-state index in [1.165, 1.54) is 10.4 Å². The summed E-state index contributed by atoms with van der Waals surface area (Å²) in [6.45, 7) is 7.42. The Morgan fingerprint density at radius 1 is 1.46 bits per heavy atom. The number of aliphatic hydroxyl groups excluding tert-OH is 1. The Kier molecular flexibility index (Phi) is 6.12. The number of hydrogen-bond acceptors (Lipinski definition) is 6. The number of fused-ring (bicyclic) bond motifs is 3. The zero-order chi connectivity index (χ0) is 18.8. The van der Waals surface area contributed by atoms with Crippen LogP contribution in [0.5, 0.6) is 0 Å². The first-order valence-corrected chi connectivity index (χ1v) is 10.2. The maximum Gasteiger partial charge on any atom is 0.259 e. The number of ether oxygens (including phenoxy) is 1. The van der Waals surface area contributed by atoms with E-state index in [1.54, 1.807) is 11.3 Å². The van der Waals surface area contributed by atoms with Crippen LogP contribution in [0.1, 0.15) is 43.5 Å². The van der Waals surface area contributed by atoms with Crippen molar-refractivity contribution < 1.29 is 9.84 Å². The van der Waals surface area contributed by atoms with Gasteiger partial charge in [0.1, 0.15) is 10.7 Å². The molecule has 0 amide bonds. The zero-order valence-corrected chi connectivity index (χ0v) is 16.9. The van der Waals surface area contributed by atoms with E-state index in [4.69, 9.17) is 9.72 Å². The van der Waals surface area contributed by atoms with Crippen LogP contribution >= 0.6 is 11.3 Å². The van der Waals surface area contributed by atoms with E-state index in [-0.39, 0.29) is 11.7 Å². The molecule has 7 heteroatoms. The van der Waals surface area contributed by atoms with Crippen molar-refractivity contribution >= 4 is 21.6 Å². The second-order valence-electron chi connectivity index (χ2n) is 7.78. The summed E-state index contributed by atoms with van der Waals surface area (Å²) in [4.78, 5) is 24.4. The Morgan fingerprint density at radius 3 is 2.96 bits per heavy atom. The molecule has 0 saturated heterocycles. The van der Waals surface area contributed by atoms with Gasteiger partial charge in [0.05, 0.1) is 30.7 Å². The van der Waals surface area contributed by atoms with Gasteiger partial charge in [0.25, 0.3) is 5.56 Å². The summed E-state index contributed by atoms with van der Waals surface area (Å²) in [5.74, 6) is 1.32. The molecule has 2 heterocycles. The standard InChI is InChI=1S/C19H29N3O3S/c1-11(2)25-10-13(23)8-22(4)9-16-20-18(24)17-14-6-5-12(3)7-15(14)26-19(17)21-16/h11-13,23H,5-10H2,1-4H3,(H,20,21,24)/t12-,13+/m0/s1. The van der Waals surface area contributed by atoms with Gasteiger partial charge in [-0.05, 0) is 51.6 Å². The number of H-pyrrole nitrogens is 1. The first kappa shape index (κ1) is 19.5. The van der Waals surface area contributed by atoms with Gasteiger partial charge in [-0.1, -0.05) is 6.92 Å². The Balaban J connectivity index is 1.72. The van der Waals surface area contributed by atoms with Crippen molar-refractivity contribution in [2.45, 2.75) is 58.8 Å². The molecule has 2 aromatic heterocycles. The van der Waals surface area contributed by atoms with E-state index in [0.29, 0.717) is 31.4 Å². The maximum absolute atomic E-state index is 12.6. The fourth-order valence-electron chi connectivity index (χ4n) is 3.50. The Bertz CT molecular complexity index is 814. The first-order chi connectivity index (χ1) is 12.3. The number of aryl methyl sites for hydroxylation is 1. The number of aromatic nitrogens is 2. The van der Waals surface area contributed by atoms with Crippen molar-refractivity contribution in [1.29, 1.82) is 0 Å². The molecule has 0 saturated carbocycles. The van der Waals surface area contributed by atoms with Crippen molar-refractivity contribution in [2.24, 2.45) is 5.92 Å². The van der Waals surface area contributed by atoms with Gasteiger partial charge in [-0.2, -0.15) is 0 Å². The molecular weight excluding hydrogens is 350 g/mol. The van der Waals surface area contributed by atoms with Gasteiger partial charge >= 0.3 is 0 Å². The van der Waals surface area contributed by atoms with Crippen LogP contribution in [0.25, 0.3) is 10.2 Å². The van der Waals surface area contributed by atoms with Crippen molar-refractivity contribution in [2.75, 3.05) is 20.2 Å². The molecule has 0 fully saturated rings. The summed E-state index contributed by atoms with van der Waals surface area (Å²) in [6.07, 6.45) is 2.70. The lowest BCUT2D eigenvalue weighted by atomic mass is 9.89. The summed E-state index contributed by atoms with van der Waals surface area (Å²) < 4.78 is 5.44. The average molecular weight is 380 g/mol. The third kappa shape index (κ3) is 4.52. The predicted molar refractivity (Wildman–Crippen MR) is 105 cm³/mol. The summed E-state index contributed by atoms with van der Waals surface area (Å²) in [6, 6.07) is 0. The molecular formula is C19H29N3O3S. The molecule has 26 heavy (non-hydrogen) atoms. The molecule has 144 valence electrons. The van der Waals surface area contributed by atoms with Gasteiger partial charge in [-0.3, -0.25) is 9.69 Å². The molecule has 2 aromatic rings. The summed E-state index contributed by atoms with van der Waals surface area (Å²) >= 11 is 1.67. The fraction of sp³-hybridized carbons (Fsp3) is 0.684. The van der Waals surface area contributed by atoms with Gasteiger partial charge in [-0.15, -0.1) is 11.3 Å². The van der Waals surface area contributed by atoms with E-state index >= 15 is 0 Å². The van der Waals surface area contributed by atoms with Crippen molar-refractivity contribution in [3.63, 3.8) is 0 Å². The average Bonchev–Trinajstić information content (AvgIpc) is 2.90. The number of nitrogens with zero attached hydrogens (tertiary/aromatic N) is 2. The molecule has 1 aliphatic carbocycles. The maximum atomic E-state index is 12.6. The normalized spacial score (nSPS) is 18.7. The van der Waals surface area contributed by atoms with Crippen molar-refractivity contribution in [3.05, 3.63) is 26.6 Å². The number of likely N-dealkylation sites (N-methyl/N-ethyl adjacent to an activating group) is 1. The van der Waals surface area contributed by atoms with Crippen LogP contribution in [0.2, 0.25) is 0 Å².